The van der Waals surface area contributed by atoms with Gasteiger partial charge in [0.15, 0.2) is 12.2 Å². The Hall–Kier alpha value is -2.59. The summed E-state index contributed by atoms with van der Waals surface area (Å²) in [5.74, 6) is -3.04. The molecule has 0 bridgehead atoms. The molecule has 9 nitrogen and oxygen atoms in total. The smallest absolute Gasteiger partial charge is 0.303 e. The van der Waals surface area contributed by atoms with Crippen molar-refractivity contribution >= 4 is 36.5 Å². The molecule has 1 aliphatic rings. The highest BCUT2D eigenvalue weighted by Gasteiger charge is 2.62. The summed E-state index contributed by atoms with van der Waals surface area (Å²) in [6.45, 7) is 4.05. The molecule has 1 aliphatic heterocycles. The van der Waals surface area contributed by atoms with E-state index in [1.165, 1.54) is 12.1 Å². The summed E-state index contributed by atoms with van der Waals surface area (Å²) in [5.41, 5.74) is -4.27. The number of esters is 4. The molecule has 0 N–H and O–H groups in total. The summed E-state index contributed by atoms with van der Waals surface area (Å²) >= 11 is 4.30. The van der Waals surface area contributed by atoms with Gasteiger partial charge in [-0.15, -0.1) is 12.6 Å². The molecule has 1 heterocycles. The minimum absolute atomic E-state index is 0.213. The van der Waals surface area contributed by atoms with Crippen LogP contribution in [0, 0.1) is 0 Å². The van der Waals surface area contributed by atoms with Crippen LogP contribution in [0.3, 0.4) is 0 Å². The number of hydrogen-bond donors (Lipinski definition) is 1. The Kier molecular flexibility index (Phi) is 7.33. The minimum atomic E-state index is -2.35. The van der Waals surface area contributed by atoms with Gasteiger partial charge in [0.1, 0.15) is 18.1 Å². The highest BCUT2D eigenvalue weighted by Crippen LogP contribution is 2.45. The van der Waals surface area contributed by atoms with Crippen LogP contribution in [-0.4, -0.2) is 54.2 Å². The van der Waals surface area contributed by atoms with Crippen LogP contribution < -0.4 is 0 Å². The number of benzene rings is 1. The molecule has 0 saturated carbocycles. The van der Waals surface area contributed by atoms with Gasteiger partial charge in [-0.05, 0) is 0 Å². The first-order valence-electron chi connectivity index (χ1n) is 9.53. The zero-order valence-corrected chi connectivity index (χ0v) is 17.8. The average molecular weight is 441 g/mol. The summed E-state index contributed by atoms with van der Waals surface area (Å²) in [4.78, 5) is 47.3. The summed E-state index contributed by atoms with van der Waals surface area (Å²) in [6, 6.07) is 7.97. The first-order chi connectivity index (χ1) is 14.4. The Labute approximate surface area is 180 Å². The number of ether oxygens (including phenoxy) is 5. The molecule has 30 heavy (non-hydrogen) atoms. The molecule has 0 spiro atoms. The normalized spacial score (nSPS) is 31.1. The second-order valence-electron chi connectivity index (χ2n) is 6.56. The van der Waals surface area contributed by atoms with Crippen LogP contribution in [0.2, 0.25) is 0 Å². The van der Waals surface area contributed by atoms with Crippen molar-refractivity contribution in [1.82, 2.24) is 0 Å². The summed E-state index contributed by atoms with van der Waals surface area (Å²) in [5, 5.41) is 0. The van der Waals surface area contributed by atoms with Gasteiger partial charge in [0.05, 0.1) is 1.37 Å². The van der Waals surface area contributed by atoms with Gasteiger partial charge in [-0.1, -0.05) is 30.3 Å². The van der Waals surface area contributed by atoms with Gasteiger partial charge in [0, 0.05) is 33.3 Å². The van der Waals surface area contributed by atoms with E-state index in [1.807, 2.05) is 0 Å². The molecular formula is C20H24O9S. The largest absolute Gasteiger partial charge is 0.463 e. The van der Waals surface area contributed by atoms with Gasteiger partial charge < -0.3 is 23.7 Å². The van der Waals surface area contributed by atoms with Gasteiger partial charge in [-0.25, -0.2) is 0 Å². The molecule has 2 rings (SSSR count). The Bertz CT molecular complexity index is 844. The van der Waals surface area contributed by atoms with Crippen LogP contribution in [0.1, 0.15) is 34.6 Å². The molecular weight excluding hydrogens is 416 g/mol. The second-order valence-corrected chi connectivity index (χ2v) is 6.97. The lowest BCUT2D eigenvalue weighted by Gasteiger charge is -2.50. The molecule has 164 valence electrons. The van der Waals surface area contributed by atoms with Crippen LogP contribution >= 0.6 is 12.6 Å². The van der Waals surface area contributed by atoms with Crippen molar-refractivity contribution in [3.8, 4) is 0 Å². The third kappa shape index (κ3) is 5.31. The van der Waals surface area contributed by atoms with Crippen LogP contribution in [0.5, 0.6) is 0 Å². The third-order valence-corrected chi connectivity index (χ3v) is 4.64. The number of carbonyl (C=O) groups excluding carboxylic acids is 4. The van der Waals surface area contributed by atoms with Crippen molar-refractivity contribution in [1.29, 1.82) is 0 Å². The lowest BCUT2D eigenvalue weighted by molar-refractivity contribution is -0.274. The maximum atomic E-state index is 12.1. The average Bonchev–Trinajstić information content (AvgIpc) is 2.65. The lowest BCUT2D eigenvalue weighted by atomic mass is 9.81. The van der Waals surface area contributed by atoms with E-state index in [-0.39, 0.29) is 5.56 Å². The predicted molar refractivity (Wildman–Crippen MR) is 105 cm³/mol. The van der Waals surface area contributed by atoms with Gasteiger partial charge in [0.25, 0.3) is 0 Å². The fraction of sp³-hybridized carbons (Fsp3) is 0.500. The quantitative estimate of drug-likeness (QED) is 0.399. The molecule has 1 aromatic rings. The maximum Gasteiger partial charge on any atom is 0.303 e. The van der Waals surface area contributed by atoms with Crippen molar-refractivity contribution in [3.05, 3.63) is 35.9 Å². The van der Waals surface area contributed by atoms with E-state index in [2.05, 4.69) is 12.6 Å². The molecule has 0 aromatic heterocycles. The van der Waals surface area contributed by atoms with Crippen molar-refractivity contribution in [2.24, 2.45) is 0 Å². The Balaban J connectivity index is 2.75. The number of thiol groups is 1. The van der Waals surface area contributed by atoms with Crippen molar-refractivity contribution < 1.29 is 44.2 Å². The monoisotopic (exact) mass is 441 g/mol. The minimum Gasteiger partial charge on any atom is -0.463 e. The molecule has 1 saturated heterocycles. The van der Waals surface area contributed by atoms with E-state index < -0.39 is 59.8 Å². The van der Waals surface area contributed by atoms with Crippen LogP contribution in [0.15, 0.2) is 30.3 Å². The van der Waals surface area contributed by atoms with Gasteiger partial charge in [-0.3, -0.25) is 19.2 Å². The van der Waals surface area contributed by atoms with Crippen LogP contribution in [0.25, 0.3) is 0 Å². The van der Waals surface area contributed by atoms with Crippen LogP contribution in [-0.2, 0) is 48.5 Å². The molecule has 1 aromatic carbocycles. The van der Waals surface area contributed by atoms with Crippen LogP contribution in [0.4, 0.5) is 0 Å². The summed E-state index contributed by atoms with van der Waals surface area (Å²) in [6.07, 6.45) is -4.20. The molecule has 0 radical (unpaired) electrons. The zero-order chi connectivity index (χ0) is 23.4. The number of rotatable bonds is 6. The SMILES string of the molecule is [2H]C1(S)O[C@H](COC(C)=O)[C@H](OC(C)=O)[C@H](OC(C)=O)[C@]1(OC(C)=O)c1ccccc1. The van der Waals surface area contributed by atoms with E-state index in [1.54, 1.807) is 18.2 Å². The van der Waals surface area contributed by atoms with Crippen molar-refractivity contribution in [2.75, 3.05) is 6.61 Å². The van der Waals surface area contributed by atoms with Gasteiger partial charge in [0.2, 0.25) is 5.60 Å². The maximum absolute atomic E-state index is 12.1. The van der Waals surface area contributed by atoms with E-state index >= 15 is 0 Å². The molecule has 0 amide bonds. The van der Waals surface area contributed by atoms with Crippen molar-refractivity contribution in [2.45, 2.75) is 57.0 Å². The fourth-order valence-corrected chi connectivity index (χ4v) is 3.63. The first kappa shape index (κ1) is 22.1. The summed E-state index contributed by atoms with van der Waals surface area (Å²) < 4.78 is 35.9. The highest BCUT2D eigenvalue weighted by molar-refractivity contribution is 7.80. The zero-order valence-electron chi connectivity index (χ0n) is 17.9. The third-order valence-electron chi connectivity index (χ3n) is 4.20. The highest BCUT2D eigenvalue weighted by atomic mass is 32.1. The predicted octanol–water partition coefficient (Wildman–Crippen LogP) is 1.53. The van der Waals surface area contributed by atoms with Crippen molar-refractivity contribution in [3.63, 3.8) is 0 Å². The van der Waals surface area contributed by atoms with Gasteiger partial charge >= 0.3 is 23.9 Å². The molecule has 5 atom stereocenters. The van der Waals surface area contributed by atoms with E-state index in [0.29, 0.717) is 0 Å². The summed E-state index contributed by atoms with van der Waals surface area (Å²) in [7, 11) is 0. The molecule has 0 aliphatic carbocycles. The second kappa shape index (κ2) is 9.94. The molecule has 10 heteroatoms. The molecule has 1 fully saturated rings. The number of hydrogen-bond acceptors (Lipinski definition) is 10. The van der Waals surface area contributed by atoms with E-state index in [0.717, 1.165) is 27.7 Å². The first-order valence-corrected chi connectivity index (χ1v) is 9.48. The fourth-order valence-electron chi connectivity index (χ4n) is 3.19. The van der Waals surface area contributed by atoms with E-state index in [4.69, 9.17) is 25.1 Å². The van der Waals surface area contributed by atoms with E-state index in [9.17, 15) is 19.2 Å². The number of carbonyl (C=O) groups is 4. The van der Waals surface area contributed by atoms with Gasteiger partial charge in [-0.2, -0.15) is 0 Å². The Morgan fingerprint density at radius 1 is 1.00 bits per heavy atom. The Morgan fingerprint density at radius 2 is 1.60 bits per heavy atom. The lowest BCUT2D eigenvalue weighted by Crippen LogP contribution is -2.66. The Morgan fingerprint density at radius 3 is 2.10 bits per heavy atom. The molecule has 1 unspecified atom stereocenters. The standard InChI is InChI=1S/C20H24O9S/c1-11(21)25-10-16-17(26-12(2)22)18(27-13(3)23)20(19(30)28-16,29-14(4)24)15-8-6-5-7-9-15/h5-9,16-19,30H,10H2,1-4H3/t16-,17+,18+,19?,20-/m1/s1/i19D. The topological polar surface area (TPSA) is 114 Å².